The molecule has 2 heterocycles. The maximum absolute atomic E-state index is 13.8. The summed E-state index contributed by atoms with van der Waals surface area (Å²) in [4.78, 5) is 30.8. The van der Waals surface area contributed by atoms with Crippen LogP contribution in [0.3, 0.4) is 0 Å². The number of fused-ring (bicyclic) bond motifs is 1. The van der Waals surface area contributed by atoms with Crippen LogP contribution in [0.15, 0.2) is 72.4 Å². The van der Waals surface area contributed by atoms with Crippen LogP contribution in [0.1, 0.15) is 22.3 Å². The molecule has 2 aliphatic heterocycles. The van der Waals surface area contributed by atoms with Crippen LogP contribution in [0.4, 0.5) is 5.69 Å². The van der Waals surface area contributed by atoms with E-state index in [4.69, 9.17) is 9.47 Å². The zero-order valence-electron chi connectivity index (χ0n) is 19.5. The SMILES string of the molecule is COc1ccc(CN2C(=O)C(c3ccc(C)cc3)=C(N3CCc4ccccc43)C2=O)cc1OC. The highest BCUT2D eigenvalue weighted by Crippen LogP contribution is 2.39. The van der Waals surface area contributed by atoms with Gasteiger partial charge in [-0.3, -0.25) is 14.5 Å². The molecule has 3 aromatic carbocycles. The van der Waals surface area contributed by atoms with Crippen LogP contribution in [0.25, 0.3) is 5.57 Å². The van der Waals surface area contributed by atoms with Gasteiger partial charge in [0.25, 0.3) is 11.8 Å². The van der Waals surface area contributed by atoms with Crippen molar-refractivity contribution in [1.29, 1.82) is 0 Å². The molecular weight excluding hydrogens is 428 g/mol. The highest BCUT2D eigenvalue weighted by atomic mass is 16.5. The Balaban J connectivity index is 1.57. The quantitative estimate of drug-likeness (QED) is 0.518. The standard InChI is InChI=1S/C28H26N2O4/c1-18-8-11-21(12-9-18)25-26(29-15-14-20-6-4-5-7-22(20)29)28(32)30(27(25)31)17-19-10-13-23(33-2)24(16-19)34-3/h4-13,16H,14-15,17H2,1-3H3. The Morgan fingerprint density at radius 3 is 2.32 bits per heavy atom. The van der Waals surface area contributed by atoms with Crippen LogP contribution >= 0.6 is 0 Å². The normalized spacial score (nSPS) is 15.3. The fourth-order valence-electron chi connectivity index (χ4n) is 4.67. The molecule has 6 heteroatoms. The van der Waals surface area contributed by atoms with E-state index < -0.39 is 0 Å². The Bertz CT molecular complexity index is 1310. The van der Waals surface area contributed by atoms with Crippen molar-refractivity contribution in [2.75, 3.05) is 25.7 Å². The number of carbonyl (C=O) groups is 2. The summed E-state index contributed by atoms with van der Waals surface area (Å²) in [5.41, 5.74) is 5.68. The molecule has 0 fully saturated rings. The molecule has 2 aliphatic rings. The van der Waals surface area contributed by atoms with E-state index in [1.54, 1.807) is 26.4 Å². The number of imide groups is 1. The Hall–Kier alpha value is -4.06. The van der Waals surface area contributed by atoms with Crippen molar-refractivity contribution in [3.63, 3.8) is 0 Å². The topological polar surface area (TPSA) is 59.1 Å². The monoisotopic (exact) mass is 454 g/mol. The Labute approximate surface area is 199 Å². The molecule has 0 bridgehead atoms. The Morgan fingerprint density at radius 1 is 0.853 bits per heavy atom. The first-order chi connectivity index (χ1) is 16.5. The highest BCUT2D eigenvalue weighted by Gasteiger charge is 2.43. The molecule has 5 rings (SSSR count). The lowest BCUT2D eigenvalue weighted by Gasteiger charge is -2.22. The van der Waals surface area contributed by atoms with Gasteiger partial charge in [0.1, 0.15) is 5.70 Å². The molecule has 0 unspecified atom stereocenters. The number of nitrogens with zero attached hydrogens (tertiary/aromatic N) is 2. The minimum atomic E-state index is -0.289. The van der Waals surface area contributed by atoms with Crippen molar-refractivity contribution >= 4 is 23.1 Å². The van der Waals surface area contributed by atoms with Gasteiger partial charge in [-0.2, -0.15) is 0 Å². The molecule has 34 heavy (non-hydrogen) atoms. The summed E-state index contributed by atoms with van der Waals surface area (Å²) >= 11 is 0. The molecule has 172 valence electrons. The number of methoxy groups -OCH3 is 2. The van der Waals surface area contributed by atoms with E-state index in [1.807, 2.05) is 60.4 Å². The lowest BCUT2D eigenvalue weighted by molar-refractivity contribution is -0.137. The third-order valence-corrected chi connectivity index (χ3v) is 6.43. The number of para-hydroxylation sites is 1. The maximum atomic E-state index is 13.8. The zero-order valence-corrected chi connectivity index (χ0v) is 19.5. The largest absolute Gasteiger partial charge is 0.493 e. The van der Waals surface area contributed by atoms with Crippen molar-refractivity contribution in [3.05, 3.63) is 94.7 Å². The van der Waals surface area contributed by atoms with Gasteiger partial charge in [0.2, 0.25) is 0 Å². The average Bonchev–Trinajstić information content (AvgIpc) is 3.38. The number of ether oxygens (including phenoxy) is 2. The summed E-state index contributed by atoms with van der Waals surface area (Å²) in [6.45, 7) is 2.81. The molecular formula is C28H26N2O4. The minimum absolute atomic E-state index is 0.145. The first-order valence-corrected chi connectivity index (χ1v) is 11.3. The molecule has 0 atom stereocenters. The van der Waals surface area contributed by atoms with E-state index in [1.165, 1.54) is 10.5 Å². The lowest BCUT2D eigenvalue weighted by atomic mass is 10.0. The molecule has 0 aromatic heterocycles. The molecule has 0 aliphatic carbocycles. The number of benzene rings is 3. The van der Waals surface area contributed by atoms with E-state index in [0.717, 1.165) is 28.8 Å². The third kappa shape index (κ3) is 3.61. The summed E-state index contributed by atoms with van der Waals surface area (Å²) < 4.78 is 10.7. The number of anilines is 1. The van der Waals surface area contributed by atoms with Gasteiger partial charge in [0.05, 0.1) is 26.3 Å². The Morgan fingerprint density at radius 2 is 1.59 bits per heavy atom. The predicted octanol–water partition coefficient (Wildman–Crippen LogP) is 4.36. The smallest absolute Gasteiger partial charge is 0.278 e. The van der Waals surface area contributed by atoms with E-state index in [0.29, 0.717) is 29.3 Å². The van der Waals surface area contributed by atoms with Crippen molar-refractivity contribution in [2.45, 2.75) is 19.9 Å². The zero-order chi connectivity index (χ0) is 23.8. The van der Waals surface area contributed by atoms with Gasteiger partial charge in [-0.15, -0.1) is 0 Å². The second kappa shape index (κ2) is 8.71. The summed E-state index contributed by atoms with van der Waals surface area (Å²) in [6.07, 6.45) is 0.831. The first kappa shape index (κ1) is 21.8. The maximum Gasteiger partial charge on any atom is 0.278 e. The van der Waals surface area contributed by atoms with Crippen molar-refractivity contribution < 1.29 is 19.1 Å². The van der Waals surface area contributed by atoms with Gasteiger partial charge in [-0.25, -0.2) is 0 Å². The predicted molar refractivity (Wildman–Crippen MR) is 131 cm³/mol. The van der Waals surface area contributed by atoms with Gasteiger partial charge in [-0.05, 0) is 48.2 Å². The fraction of sp³-hybridized carbons (Fsp3) is 0.214. The van der Waals surface area contributed by atoms with Crippen molar-refractivity contribution in [3.8, 4) is 11.5 Å². The van der Waals surface area contributed by atoms with Crippen molar-refractivity contribution in [2.24, 2.45) is 0 Å². The van der Waals surface area contributed by atoms with E-state index in [9.17, 15) is 9.59 Å². The number of hydrogen-bond acceptors (Lipinski definition) is 5. The number of rotatable bonds is 6. The first-order valence-electron chi connectivity index (χ1n) is 11.3. The molecule has 0 spiro atoms. The van der Waals surface area contributed by atoms with Gasteiger partial charge in [-0.1, -0.05) is 54.1 Å². The number of aryl methyl sites for hydroxylation is 1. The van der Waals surface area contributed by atoms with Crippen LogP contribution in [0.2, 0.25) is 0 Å². The number of amides is 2. The summed E-state index contributed by atoms with van der Waals surface area (Å²) in [5.74, 6) is 0.577. The summed E-state index contributed by atoms with van der Waals surface area (Å²) in [7, 11) is 3.14. The molecule has 2 amide bonds. The second-order valence-electron chi connectivity index (χ2n) is 8.51. The van der Waals surface area contributed by atoms with Crippen molar-refractivity contribution in [1.82, 2.24) is 4.90 Å². The molecule has 6 nitrogen and oxygen atoms in total. The minimum Gasteiger partial charge on any atom is -0.493 e. The lowest BCUT2D eigenvalue weighted by Crippen LogP contribution is -2.34. The van der Waals surface area contributed by atoms with Crippen LogP contribution in [-0.2, 0) is 22.6 Å². The Kier molecular flexibility index (Phi) is 5.57. The van der Waals surface area contributed by atoms with Gasteiger partial charge in [0, 0.05) is 12.2 Å². The van der Waals surface area contributed by atoms with Crippen LogP contribution in [-0.4, -0.2) is 37.5 Å². The third-order valence-electron chi connectivity index (χ3n) is 6.43. The summed E-state index contributed by atoms with van der Waals surface area (Å²) in [6, 6.07) is 21.2. The van der Waals surface area contributed by atoms with E-state index in [-0.39, 0.29) is 18.4 Å². The van der Waals surface area contributed by atoms with Gasteiger partial charge >= 0.3 is 0 Å². The van der Waals surface area contributed by atoms with Crippen LogP contribution in [0.5, 0.6) is 11.5 Å². The van der Waals surface area contributed by atoms with Crippen LogP contribution in [0, 0.1) is 6.92 Å². The van der Waals surface area contributed by atoms with E-state index in [2.05, 4.69) is 6.07 Å². The molecule has 3 aromatic rings. The summed E-state index contributed by atoms with van der Waals surface area (Å²) in [5, 5.41) is 0. The molecule has 0 radical (unpaired) electrons. The van der Waals surface area contributed by atoms with Crippen LogP contribution < -0.4 is 14.4 Å². The molecule has 0 N–H and O–H groups in total. The second-order valence-corrected chi connectivity index (χ2v) is 8.51. The molecule has 0 saturated carbocycles. The average molecular weight is 455 g/mol. The van der Waals surface area contributed by atoms with E-state index >= 15 is 0 Å². The fourth-order valence-corrected chi connectivity index (χ4v) is 4.67. The molecule has 0 saturated heterocycles. The highest BCUT2D eigenvalue weighted by molar-refractivity contribution is 6.36. The number of carbonyl (C=O) groups excluding carboxylic acids is 2. The van der Waals surface area contributed by atoms with Gasteiger partial charge < -0.3 is 14.4 Å². The number of hydrogen-bond donors (Lipinski definition) is 0. The van der Waals surface area contributed by atoms with Gasteiger partial charge in [0.15, 0.2) is 11.5 Å².